The molecule has 0 amide bonds. The first kappa shape index (κ1) is 29.4. The molecule has 0 bridgehead atoms. The smallest absolute Gasteiger partial charge is 0.353 e. The number of thiazole rings is 2. The van der Waals surface area contributed by atoms with Gasteiger partial charge < -0.3 is 19.3 Å². The molecular formula is C29H26N6O6S2. The zero-order valence-corrected chi connectivity index (χ0v) is 25.2. The summed E-state index contributed by atoms with van der Waals surface area (Å²) in [5, 5.41) is 19.8. The number of rotatable bonds is 7. The molecule has 43 heavy (non-hydrogen) atoms. The molecule has 14 heteroatoms. The normalized spacial score (nSPS) is 10.8. The molecule has 1 N–H and O–H groups in total. The highest BCUT2D eigenvalue weighted by Gasteiger charge is 2.24. The molecule has 0 aliphatic rings. The zero-order valence-electron chi connectivity index (χ0n) is 23.6. The Hall–Kier alpha value is -5.08. The number of ether oxygens (including phenoxy) is 3. The van der Waals surface area contributed by atoms with Crippen molar-refractivity contribution in [1.29, 1.82) is 0 Å². The van der Waals surface area contributed by atoms with Crippen LogP contribution in [0.15, 0.2) is 61.4 Å². The van der Waals surface area contributed by atoms with Crippen molar-refractivity contribution < 1.29 is 28.9 Å². The van der Waals surface area contributed by atoms with Crippen molar-refractivity contribution in [1.82, 2.24) is 29.2 Å². The van der Waals surface area contributed by atoms with Crippen LogP contribution in [-0.2, 0) is 9.47 Å². The van der Waals surface area contributed by atoms with E-state index in [1.807, 2.05) is 62.6 Å². The third-order valence-electron chi connectivity index (χ3n) is 6.14. The van der Waals surface area contributed by atoms with Gasteiger partial charge in [-0.2, -0.15) is 10.2 Å². The summed E-state index contributed by atoms with van der Waals surface area (Å²) in [7, 11) is 2.60. The van der Waals surface area contributed by atoms with Crippen molar-refractivity contribution in [3.8, 4) is 32.9 Å². The summed E-state index contributed by atoms with van der Waals surface area (Å²) in [5.41, 5.74) is 5.09. The van der Waals surface area contributed by atoms with Crippen molar-refractivity contribution in [3.05, 3.63) is 82.6 Å². The van der Waals surface area contributed by atoms with Gasteiger partial charge in [0.15, 0.2) is 9.75 Å². The molecular weight excluding hydrogens is 592 g/mol. The lowest BCUT2D eigenvalue weighted by atomic mass is 10.2. The molecule has 0 aromatic carbocycles. The highest BCUT2D eigenvalue weighted by molar-refractivity contribution is 7.17. The quantitative estimate of drug-likeness (QED) is 0.183. The second kappa shape index (κ2) is 12.4. The molecule has 0 spiro atoms. The van der Waals surface area contributed by atoms with Gasteiger partial charge in [-0.15, -0.1) is 22.7 Å². The van der Waals surface area contributed by atoms with E-state index >= 15 is 0 Å². The van der Waals surface area contributed by atoms with Gasteiger partial charge in [-0.1, -0.05) is 24.8 Å². The molecule has 0 radical (unpaired) electrons. The molecule has 12 nitrogen and oxygen atoms in total. The highest BCUT2D eigenvalue weighted by Crippen LogP contribution is 2.37. The first-order chi connectivity index (χ1) is 20.8. The van der Waals surface area contributed by atoms with Gasteiger partial charge in [-0.25, -0.2) is 28.6 Å². The summed E-state index contributed by atoms with van der Waals surface area (Å²) in [6.07, 6.45) is 5.30. The predicted molar refractivity (Wildman–Crippen MR) is 162 cm³/mol. The zero-order chi connectivity index (χ0) is 30.7. The topological polar surface area (TPSA) is 142 Å². The molecule has 6 heterocycles. The molecule has 0 aliphatic heterocycles. The van der Waals surface area contributed by atoms with Gasteiger partial charge in [0.05, 0.1) is 47.8 Å². The minimum atomic E-state index is -0.597. The largest absolute Gasteiger partial charge is 0.492 e. The Morgan fingerprint density at radius 2 is 1.37 bits per heavy atom. The van der Waals surface area contributed by atoms with Gasteiger partial charge in [0, 0.05) is 12.4 Å². The Morgan fingerprint density at radius 1 is 0.860 bits per heavy atom. The lowest BCUT2D eigenvalue weighted by molar-refractivity contribution is 0.0593. The predicted octanol–water partition coefficient (Wildman–Crippen LogP) is 5.38. The number of methoxy groups -OCH3 is 2. The van der Waals surface area contributed by atoms with E-state index in [0.29, 0.717) is 14.9 Å². The van der Waals surface area contributed by atoms with Gasteiger partial charge in [-0.05, 0) is 38.1 Å². The van der Waals surface area contributed by atoms with Crippen LogP contribution in [0.2, 0.25) is 0 Å². The van der Waals surface area contributed by atoms with Crippen LogP contribution in [0.3, 0.4) is 0 Å². The van der Waals surface area contributed by atoms with Crippen LogP contribution in [0.25, 0.3) is 32.2 Å². The van der Waals surface area contributed by atoms with Crippen LogP contribution < -0.4 is 4.74 Å². The molecule has 0 atom stereocenters. The number of hydrogen-bond donors (Lipinski definition) is 1. The van der Waals surface area contributed by atoms with Gasteiger partial charge in [-0.3, -0.25) is 0 Å². The summed E-state index contributed by atoms with van der Waals surface area (Å²) in [5.74, 6) is -1.12. The van der Waals surface area contributed by atoms with E-state index in [1.165, 1.54) is 25.6 Å². The lowest BCUT2D eigenvalue weighted by Gasteiger charge is -2.00. The van der Waals surface area contributed by atoms with E-state index in [0.717, 1.165) is 44.9 Å². The molecule has 0 saturated heterocycles. The minimum Gasteiger partial charge on any atom is -0.492 e. The Kier molecular flexibility index (Phi) is 8.50. The first-order valence-electron chi connectivity index (χ1n) is 12.8. The fourth-order valence-corrected chi connectivity index (χ4v) is 6.30. The van der Waals surface area contributed by atoms with Crippen LogP contribution in [0.5, 0.6) is 11.8 Å². The molecule has 6 aromatic rings. The Morgan fingerprint density at radius 3 is 1.91 bits per heavy atom. The Labute approximate surface area is 253 Å². The molecule has 0 unspecified atom stereocenters. The molecule has 6 aromatic heterocycles. The second-order valence-electron chi connectivity index (χ2n) is 8.89. The fraction of sp³-hybridized carbons (Fsp3) is 0.172. The molecule has 220 valence electrons. The average Bonchev–Trinajstić information content (AvgIpc) is 3.77. The van der Waals surface area contributed by atoms with E-state index < -0.39 is 11.9 Å². The summed E-state index contributed by atoms with van der Waals surface area (Å²) in [6, 6.07) is 11.5. The maximum Gasteiger partial charge on any atom is 0.353 e. The number of pyridine rings is 2. The van der Waals surface area contributed by atoms with E-state index in [1.54, 1.807) is 15.1 Å². The van der Waals surface area contributed by atoms with E-state index in [2.05, 4.69) is 31.5 Å². The number of aromatic nitrogens is 6. The van der Waals surface area contributed by atoms with Crippen molar-refractivity contribution in [2.75, 3.05) is 20.8 Å². The van der Waals surface area contributed by atoms with Crippen LogP contribution in [0.1, 0.15) is 30.7 Å². The van der Waals surface area contributed by atoms with Crippen LogP contribution in [0, 0.1) is 13.8 Å². The molecule has 0 aliphatic carbocycles. The van der Waals surface area contributed by atoms with Crippen molar-refractivity contribution in [2.45, 2.75) is 13.8 Å². The standard InChI is InChI=1S/C16H15N3O3S.C13H11N3O3S/c1-4-9-22-14-13(16(20)21-3)23-15(17-14)12-10(2)18-19-8-6-5-7-11(12)19;1-7-9(8-5-3-4-6-16(8)15-7)12-14-11(17)10(20-12)13(18)19-2/h4-8H,1,9H2,2-3H3;3-6,17H,1-2H3. The van der Waals surface area contributed by atoms with E-state index in [4.69, 9.17) is 9.47 Å². The summed E-state index contributed by atoms with van der Waals surface area (Å²) in [6.45, 7) is 7.64. The molecule has 6 rings (SSSR count). The van der Waals surface area contributed by atoms with Crippen molar-refractivity contribution >= 4 is 45.6 Å². The van der Waals surface area contributed by atoms with Gasteiger partial charge >= 0.3 is 11.9 Å². The Bertz CT molecular complexity index is 1970. The number of esters is 2. The summed E-state index contributed by atoms with van der Waals surface area (Å²) in [4.78, 5) is 32.4. The first-order valence-corrected chi connectivity index (χ1v) is 14.4. The van der Waals surface area contributed by atoms with Gasteiger partial charge in [0.2, 0.25) is 11.8 Å². The average molecular weight is 619 g/mol. The fourth-order valence-electron chi connectivity index (χ4n) is 4.28. The maximum absolute atomic E-state index is 12.0. The monoisotopic (exact) mass is 618 g/mol. The number of carbonyl (C=O) groups excluding carboxylic acids is 2. The third kappa shape index (κ3) is 5.69. The number of hydrogen-bond acceptors (Lipinski definition) is 12. The number of aromatic hydroxyl groups is 1. The van der Waals surface area contributed by atoms with Crippen LogP contribution in [0.4, 0.5) is 0 Å². The van der Waals surface area contributed by atoms with E-state index in [-0.39, 0.29) is 23.2 Å². The van der Waals surface area contributed by atoms with Gasteiger partial charge in [0.1, 0.15) is 16.6 Å². The summed E-state index contributed by atoms with van der Waals surface area (Å²) < 4.78 is 18.4. The third-order valence-corrected chi connectivity index (χ3v) is 8.22. The minimum absolute atomic E-state index is 0.0946. The van der Waals surface area contributed by atoms with Gasteiger partial charge in [0.25, 0.3) is 0 Å². The maximum atomic E-state index is 12.0. The highest BCUT2D eigenvalue weighted by atomic mass is 32.1. The van der Waals surface area contributed by atoms with Crippen LogP contribution >= 0.6 is 22.7 Å². The van der Waals surface area contributed by atoms with E-state index in [9.17, 15) is 14.7 Å². The second-order valence-corrected chi connectivity index (χ2v) is 10.9. The SMILES string of the molecule is C=CCOc1nc(-c2c(C)nn3ccccc23)sc1C(=O)OC.COC(=O)c1sc(-c2c(C)nn3ccccc23)nc1O. The molecule has 0 saturated carbocycles. The van der Waals surface area contributed by atoms with Crippen LogP contribution in [-0.4, -0.2) is 67.1 Å². The number of aryl methyl sites for hydroxylation is 2. The number of nitrogens with zero attached hydrogens (tertiary/aromatic N) is 6. The lowest BCUT2D eigenvalue weighted by Crippen LogP contribution is -2.03. The number of carbonyl (C=O) groups is 2. The molecule has 0 fully saturated rings. The van der Waals surface area contributed by atoms with Crippen molar-refractivity contribution in [3.63, 3.8) is 0 Å². The number of fused-ring (bicyclic) bond motifs is 2. The van der Waals surface area contributed by atoms with Crippen molar-refractivity contribution in [2.24, 2.45) is 0 Å². The Balaban J connectivity index is 0.000000173. The summed E-state index contributed by atoms with van der Waals surface area (Å²) >= 11 is 2.32.